The van der Waals surface area contributed by atoms with Crippen LogP contribution in [0.1, 0.15) is 35.8 Å². The third-order valence-electron chi connectivity index (χ3n) is 6.49. The molecule has 3 nitrogen and oxygen atoms in total. The van der Waals surface area contributed by atoms with E-state index in [4.69, 9.17) is 0 Å². The first-order valence-electron chi connectivity index (χ1n) is 11.2. The Balaban J connectivity index is 0.00000274. The minimum Gasteiger partial charge on any atom is -0.388 e. The fourth-order valence-corrected chi connectivity index (χ4v) is 4.85. The molecule has 178 valence electrons. The van der Waals surface area contributed by atoms with Crippen LogP contribution in [0.3, 0.4) is 0 Å². The van der Waals surface area contributed by atoms with Crippen LogP contribution in [0, 0.1) is 17.5 Å². The van der Waals surface area contributed by atoms with Gasteiger partial charge in [-0.25, -0.2) is 13.2 Å². The van der Waals surface area contributed by atoms with E-state index in [1.165, 1.54) is 30.3 Å². The highest BCUT2D eigenvalue weighted by molar-refractivity contribution is 5.87. The van der Waals surface area contributed by atoms with Crippen molar-refractivity contribution < 1.29 is 18.3 Å². The van der Waals surface area contributed by atoms with Crippen molar-refractivity contribution in [2.45, 2.75) is 31.9 Å². The predicted molar refractivity (Wildman–Crippen MR) is 130 cm³/mol. The van der Waals surface area contributed by atoms with Gasteiger partial charge in [0.05, 0.1) is 17.3 Å². The summed E-state index contributed by atoms with van der Waals surface area (Å²) >= 11 is 0. The number of benzene rings is 3. The first-order chi connectivity index (χ1) is 16.0. The number of aliphatic hydroxyl groups is 1. The Bertz CT molecular complexity index is 1290. The number of fused-ring (bicyclic) bond motifs is 3. The molecule has 1 unspecified atom stereocenters. The van der Waals surface area contributed by atoms with E-state index >= 15 is 0 Å². The van der Waals surface area contributed by atoms with E-state index in [0.29, 0.717) is 24.2 Å². The van der Waals surface area contributed by atoms with Gasteiger partial charge < -0.3 is 9.67 Å². The van der Waals surface area contributed by atoms with Crippen molar-refractivity contribution in [2.24, 2.45) is 0 Å². The van der Waals surface area contributed by atoms with Gasteiger partial charge in [-0.3, -0.25) is 4.90 Å². The van der Waals surface area contributed by atoms with Crippen molar-refractivity contribution in [3.05, 3.63) is 101 Å². The summed E-state index contributed by atoms with van der Waals surface area (Å²) in [5.74, 6) is -0.935. The summed E-state index contributed by atoms with van der Waals surface area (Å²) in [7, 11) is 0. The van der Waals surface area contributed by atoms with Crippen molar-refractivity contribution in [3.8, 4) is 5.69 Å². The smallest absolute Gasteiger partial charge is 0.147 e. The molecule has 3 aromatic carbocycles. The Labute approximate surface area is 202 Å². The summed E-state index contributed by atoms with van der Waals surface area (Å²) in [4.78, 5) is 2.29. The topological polar surface area (TPSA) is 28.4 Å². The van der Waals surface area contributed by atoms with Crippen LogP contribution in [0.4, 0.5) is 13.2 Å². The Kier molecular flexibility index (Phi) is 7.31. The lowest BCUT2D eigenvalue weighted by Gasteiger charge is -2.28. The molecule has 5 rings (SSSR count). The zero-order chi connectivity index (χ0) is 22.9. The SMILES string of the molecule is Cl.OC(CCCN1CCc2c(c3cc(F)ccc3n2-c2ccccc2F)C1)c1ccc(F)cc1. The second-order valence-electron chi connectivity index (χ2n) is 8.61. The third-order valence-corrected chi connectivity index (χ3v) is 6.49. The predicted octanol–water partition coefficient (Wildman–Crippen LogP) is 6.34. The second-order valence-corrected chi connectivity index (χ2v) is 8.61. The standard InChI is InChI=1S/C27H25F3N2O.ClH/c28-19-9-7-18(8-10-19)27(33)6-3-14-31-15-13-25-22(17-31)21-16-20(29)11-12-24(21)32(25)26-5-2-1-4-23(26)30;/h1-2,4-5,7-12,16,27,33H,3,6,13-15,17H2;1H. The van der Waals surface area contributed by atoms with Gasteiger partial charge in [-0.05, 0) is 73.0 Å². The van der Waals surface area contributed by atoms with Gasteiger partial charge in [-0.2, -0.15) is 0 Å². The molecule has 1 aromatic heterocycles. The molecule has 0 fully saturated rings. The molecule has 1 aliphatic rings. The molecule has 1 atom stereocenters. The molecule has 1 aliphatic heterocycles. The van der Waals surface area contributed by atoms with Gasteiger partial charge >= 0.3 is 0 Å². The second kappa shape index (κ2) is 10.2. The molecule has 2 heterocycles. The molecule has 0 saturated heterocycles. The van der Waals surface area contributed by atoms with Crippen molar-refractivity contribution in [2.75, 3.05) is 13.1 Å². The quantitative estimate of drug-likeness (QED) is 0.344. The number of rotatable bonds is 6. The van der Waals surface area contributed by atoms with Crippen LogP contribution in [0.5, 0.6) is 0 Å². The van der Waals surface area contributed by atoms with Gasteiger partial charge in [0.15, 0.2) is 0 Å². The van der Waals surface area contributed by atoms with E-state index in [2.05, 4.69) is 4.90 Å². The number of para-hydroxylation sites is 1. The van der Waals surface area contributed by atoms with Gasteiger partial charge in [-0.15, -0.1) is 12.4 Å². The van der Waals surface area contributed by atoms with Crippen molar-refractivity contribution in [1.82, 2.24) is 9.47 Å². The number of halogens is 4. The molecule has 7 heteroatoms. The summed E-state index contributed by atoms with van der Waals surface area (Å²) in [5, 5.41) is 11.2. The fourth-order valence-electron chi connectivity index (χ4n) is 4.85. The van der Waals surface area contributed by atoms with Gasteiger partial charge in [0.25, 0.3) is 0 Å². The number of hydrogen-bond donors (Lipinski definition) is 1. The summed E-state index contributed by atoms with van der Waals surface area (Å²) in [6.07, 6.45) is 1.43. The normalized spacial score (nSPS) is 14.6. The van der Waals surface area contributed by atoms with Gasteiger partial charge in [0, 0.05) is 30.6 Å². The van der Waals surface area contributed by atoms with Crippen LogP contribution in [-0.2, 0) is 13.0 Å². The molecule has 1 N–H and O–H groups in total. The van der Waals surface area contributed by atoms with Gasteiger partial charge in [-0.1, -0.05) is 24.3 Å². The highest BCUT2D eigenvalue weighted by atomic mass is 35.5. The molecule has 0 spiro atoms. The van der Waals surface area contributed by atoms with E-state index in [0.717, 1.165) is 48.1 Å². The van der Waals surface area contributed by atoms with Crippen LogP contribution in [-0.4, -0.2) is 27.7 Å². The number of aliphatic hydroxyl groups excluding tert-OH is 1. The van der Waals surface area contributed by atoms with Crippen LogP contribution in [0.15, 0.2) is 66.7 Å². The van der Waals surface area contributed by atoms with Crippen molar-refractivity contribution >= 4 is 23.3 Å². The minimum absolute atomic E-state index is 0. The van der Waals surface area contributed by atoms with E-state index in [1.54, 1.807) is 30.3 Å². The lowest BCUT2D eigenvalue weighted by Crippen LogP contribution is -2.32. The maximum absolute atomic E-state index is 14.7. The average molecular weight is 487 g/mol. The van der Waals surface area contributed by atoms with E-state index in [9.17, 15) is 18.3 Å². The largest absolute Gasteiger partial charge is 0.388 e. The van der Waals surface area contributed by atoms with Crippen molar-refractivity contribution in [1.29, 1.82) is 0 Å². The number of nitrogens with zero attached hydrogens (tertiary/aromatic N) is 2. The highest BCUT2D eigenvalue weighted by Crippen LogP contribution is 2.35. The van der Waals surface area contributed by atoms with E-state index in [1.807, 2.05) is 10.6 Å². The van der Waals surface area contributed by atoms with Crippen LogP contribution in [0.25, 0.3) is 16.6 Å². The third kappa shape index (κ3) is 4.71. The van der Waals surface area contributed by atoms with Crippen LogP contribution < -0.4 is 0 Å². The van der Waals surface area contributed by atoms with E-state index in [-0.39, 0.29) is 29.9 Å². The monoisotopic (exact) mass is 486 g/mol. The maximum Gasteiger partial charge on any atom is 0.147 e. The fraction of sp³-hybridized carbons (Fsp3) is 0.259. The van der Waals surface area contributed by atoms with Gasteiger partial charge in [0.2, 0.25) is 0 Å². The molecule has 0 amide bonds. The van der Waals surface area contributed by atoms with Crippen LogP contribution >= 0.6 is 12.4 Å². The Hall–Kier alpha value is -2.80. The zero-order valence-corrected chi connectivity index (χ0v) is 19.4. The summed E-state index contributed by atoms with van der Waals surface area (Å²) in [6, 6.07) is 17.3. The number of aromatic nitrogens is 1. The molecule has 34 heavy (non-hydrogen) atoms. The lowest BCUT2D eigenvalue weighted by atomic mass is 10.0. The molecule has 0 saturated carbocycles. The maximum atomic E-state index is 14.7. The van der Waals surface area contributed by atoms with Gasteiger partial charge in [0.1, 0.15) is 17.5 Å². The zero-order valence-electron chi connectivity index (χ0n) is 18.6. The highest BCUT2D eigenvalue weighted by Gasteiger charge is 2.26. The molecule has 0 bridgehead atoms. The Morgan fingerprint density at radius 1 is 0.912 bits per heavy atom. The summed E-state index contributed by atoms with van der Waals surface area (Å²) < 4.78 is 43.8. The van der Waals surface area contributed by atoms with Crippen molar-refractivity contribution in [3.63, 3.8) is 0 Å². The molecular weight excluding hydrogens is 461 g/mol. The number of hydrogen-bond acceptors (Lipinski definition) is 2. The molecule has 0 radical (unpaired) electrons. The average Bonchev–Trinajstić information content (AvgIpc) is 3.12. The first-order valence-corrected chi connectivity index (χ1v) is 11.2. The summed E-state index contributed by atoms with van der Waals surface area (Å²) in [6.45, 7) is 2.22. The summed E-state index contributed by atoms with van der Waals surface area (Å²) in [5.41, 5.74) is 4.04. The lowest BCUT2D eigenvalue weighted by molar-refractivity contribution is 0.153. The van der Waals surface area contributed by atoms with Crippen LogP contribution in [0.2, 0.25) is 0 Å². The Morgan fingerprint density at radius 3 is 2.41 bits per heavy atom. The first kappa shape index (κ1) is 24.3. The Morgan fingerprint density at radius 2 is 1.65 bits per heavy atom. The van der Waals surface area contributed by atoms with E-state index < -0.39 is 6.10 Å². The molecule has 0 aliphatic carbocycles. The molecule has 4 aromatic rings. The molecular formula is C27H26ClF3N2O. The minimum atomic E-state index is -0.636.